The van der Waals surface area contributed by atoms with Crippen molar-refractivity contribution in [1.82, 2.24) is 0 Å². The summed E-state index contributed by atoms with van der Waals surface area (Å²) in [4.78, 5) is 11.5. The molecule has 34 heavy (non-hydrogen) atoms. The Hall–Kier alpha value is -1.29. The van der Waals surface area contributed by atoms with Gasteiger partial charge in [0.2, 0.25) is 6.29 Å². The Balaban J connectivity index is 3.36. The van der Waals surface area contributed by atoms with Crippen LogP contribution in [-0.4, -0.2) is 19.4 Å². The lowest BCUT2D eigenvalue weighted by Crippen LogP contribution is -2.17. The fourth-order valence-corrected chi connectivity index (χ4v) is 4.15. The van der Waals surface area contributed by atoms with Crippen molar-refractivity contribution in [2.75, 3.05) is 7.11 Å². The van der Waals surface area contributed by atoms with Gasteiger partial charge in [-0.05, 0) is 19.9 Å². The van der Waals surface area contributed by atoms with E-state index in [-0.39, 0.29) is 5.95 Å². The molecule has 4 nitrogen and oxygen atoms in total. The van der Waals surface area contributed by atoms with Crippen LogP contribution in [0.5, 0.6) is 0 Å². The molecule has 0 amide bonds. The molecule has 1 atom stereocenters. The molecular weight excluding hydrogens is 424 g/mol. The van der Waals surface area contributed by atoms with Crippen LogP contribution < -0.4 is 0 Å². The maximum Gasteiger partial charge on any atom is 0.340 e. The van der Waals surface area contributed by atoms with Gasteiger partial charge in [0.25, 0.3) is 5.95 Å². The lowest BCUT2D eigenvalue weighted by Gasteiger charge is -2.18. The summed E-state index contributed by atoms with van der Waals surface area (Å²) < 4.78 is 15.7. The third kappa shape index (κ3) is 22.5. The Morgan fingerprint density at radius 1 is 0.647 bits per heavy atom. The van der Waals surface area contributed by atoms with E-state index in [0.29, 0.717) is 5.57 Å². The normalized spacial score (nSPS) is 11.9. The summed E-state index contributed by atoms with van der Waals surface area (Å²) in [6.45, 7) is 11.0. The molecule has 200 valence electrons. The highest BCUT2D eigenvalue weighted by atomic mass is 16.8. The second-order valence-corrected chi connectivity index (χ2v) is 9.83. The second-order valence-electron chi connectivity index (χ2n) is 9.83. The zero-order valence-electron chi connectivity index (χ0n) is 23.0. The predicted octanol–water partition coefficient (Wildman–Crippen LogP) is 9.78. The predicted molar refractivity (Wildman–Crippen MR) is 145 cm³/mol. The molecule has 1 unspecified atom stereocenters. The number of carbonyl (C=O) groups is 1. The van der Waals surface area contributed by atoms with Gasteiger partial charge >= 0.3 is 5.97 Å². The topological polar surface area (TPSA) is 44.8 Å². The van der Waals surface area contributed by atoms with Crippen LogP contribution >= 0.6 is 0 Å². The first-order valence-corrected chi connectivity index (χ1v) is 14.3. The van der Waals surface area contributed by atoms with Gasteiger partial charge in [0, 0.05) is 19.1 Å². The fourth-order valence-electron chi connectivity index (χ4n) is 4.15. The summed E-state index contributed by atoms with van der Waals surface area (Å²) in [5, 5.41) is 0. The van der Waals surface area contributed by atoms with Crippen LogP contribution in [0.15, 0.2) is 24.7 Å². The van der Waals surface area contributed by atoms with E-state index in [1.165, 1.54) is 122 Å². The van der Waals surface area contributed by atoms with E-state index in [2.05, 4.69) is 20.1 Å². The summed E-state index contributed by atoms with van der Waals surface area (Å²) in [6, 6.07) is 0. The summed E-state index contributed by atoms with van der Waals surface area (Å²) in [7, 11) is 1.59. The van der Waals surface area contributed by atoms with Gasteiger partial charge in [-0.2, -0.15) is 0 Å². The maximum absolute atomic E-state index is 11.5. The van der Waals surface area contributed by atoms with E-state index in [9.17, 15) is 4.79 Å². The molecule has 0 saturated carbocycles. The first-order valence-electron chi connectivity index (χ1n) is 14.3. The Labute approximate surface area is 211 Å². The minimum atomic E-state index is -0.529. The second kappa shape index (κ2) is 24.8. The van der Waals surface area contributed by atoms with Crippen molar-refractivity contribution in [2.45, 2.75) is 155 Å². The van der Waals surface area contributed by atoms with Crippen molar-refractivity contribution < 1.29 is 19.0 Å². The molecule has 0 aromatic heterocycles. The monoisotopic (exact) mass is 480 g/mol. The Morgan fingerprint density at radius 2 is 1.00 bits per heavy atom. The van der Waals surface area contributed by atoms with Crippen LogP contribution in [0, 0.1) is 0 Å². The molecule has 0 aromatic carbocycles. The molecule has 0 aromatic rings. The van der Waals surface area contributed by atoms with Crippen LogP contribution in [0.4, 0.5) is 0 Å². The van der Waals surface area contributed by atoms with E-state index in [4.69, 9.17) is 14.2 Å². The zero-order chi connectivity index (χ0) is 25.3. The maximum atomic E-state index is 11.5. The van der Waals surface area contributed by atoms with Gasteiger partial charge in [0.15, 0.2) is 0 Å². The number of unbranched alkanes of at least 4 members (excludes halogenated alkanes) is 19. The number of hydrogen-bond donors (Lipinski definition) is 0. The summed E-state index contributed by atoms with van der Waals surface area (Å²) in [6.07, 6.45) is 27.8. The Morgan fingerprint density at radius 3 is 1.32 bits per heavy atom. The third-order valence-corrected chi connectivity index (χ3v) is 6.37. The highest BCUT2D eigenvalue weighted by molar-refractivity contribution is 5.87. The minimum absolute atomic E-state index is 0.0342. The van der Waals surface area contributed by atoms with E-state index >= 15 is 0 Å². The van der Waals surface area contributed by atoms with E-state index in [1.54, 1.807) is 14.0 Å². The van der Waals surface area contributed by atoms with Crippen LogP contribution in [-0.2, 0) is 19.0 Å². The first-order chi connectivity index (χ1) is 16.5. The average molecular weight is 481 g/mol. The standard InChI is InChI=1S/C30H56O4/c1-6-7-8-9-10-11-12-13-14-15-16-17-18-19-20-21-22-23-24-25-26-29(32-5)33-28(4)34-30(31)27(2)3/h29H,2,4,6-26H2,1,3,5H3. The summed E-state index contributed by atoms with van der Waals surface area (Å²) in [5.74, 6) is -0.563. The zero-order valence-corrected chi connectivity index (χ0v) is 23.0. The Kier molecular flexibility index (Phi) is 23.9. The van der Waals surface area contributed by atoms with Crippen molar-refractivity contribution in [1.29, 1.82) is 0 Å². The number of methoxy groups -OCH3 is 1. The van der Waals surface area contributed by atoms with Crippen LogP contribution in [0.2, 0.25) is 0 Å². The van der Waals surface area contributed by atoms with Crippen LogP contribution in [0.1, 0.15) is 149 Å². The minimum Gasteiger partial charge on any atom is -0.436 e. The molecule has 4 heteroatoms. The molecule has 0 aliphatic carbocycles. The van der Waals surface area contributed by atoms with E-state index in [1.807, 2.05) is 0 Å². The smallest absolute Gasteiger partial charge is 0.340 e. The van der Waals surface area contributed by atoms with Gasteiger partial charge in [-0.25, -0.2) is 4.79 Å². The largest absolute Gasteiger partial charge is 0.436 e. The molecule has 0 saturated heterocycles. The van der Waals surface area contributed by atoms with Gasteiger partial charge in [-0.15, -0.1) is 0 Å². The van der Waals surface area contributed by atoms with Gasteiger partial charge in [-0.1, -0.05) is 135 Å². The van der Waals surface area contributed by atoms with Gasteiger partial charge in [0.1, 0.15) is 0 Å². The van der Waals surface area contributed by atoms with Gasteiger partial charge in [0.05, 0.1) is 0 Å². The molecule has 0 radical (unpaired) electrons. The Bertz CT molecular complexity index is 500. The van der Waals surface area contributed by atoms with Crippen LogP contribution in [0.25, 0.3) is 0 Å². The first kappa shape index (κ1) is 32.7. The van der Waals surface area contributed by atoms with Crippen molar-refractivity contribution in [3.05, 3.63) is 24.7 Å². The summed E-state index contributed by atoms with van der Waals surface area (Å²) >= 11 is 0. The van der Waals surface area contributed by atoms with Gasteiger partial charge in [-0.3, -0.25) is 0 Å². The van der Waals surface area contributed by atoms with Gasteiger partial charge < -0.3 is 14.2 Å². The number of rotatable bonds is 26. The summed E-state index contributed by atoms with van der Waals surface area (Å²) in [5.41, 5.74) is 0.313. The lowest BCUT2D eigenvalue weighted by molar-refractivity contribution is -0.158. The lowest BCUT2D eigenvalue weighted by atomic mass is 10.0. The SMILES string of the molecule is C=C(OC(=O)C(=C)C)OC(CCCCCCCCCCCCCCCCCCCCCC)OC. The number of esters is 1. The molecular formula is C30H56O4. The molecule has 0 spiro atoms. The highest BCUT2D eigenvalue weighted by Gasteiger charge is 2.13. The molecule has 0 aliphatic heterocycles. The van der Waals surface area contributed by atoms with Crippen molar-refractivity contribution in [3.8, 4) is 0 Å². The van der Waals surface area contributed by atoms with E-state index in [0.717, 1.165) is 12.8 Å². The van der Waals surface area contributed by atoms with Crippen molar-refractivity contribution >= 4 is 5.97 Å². The van der Waals surface area contributed by atoms with Crippen molar-refractivity contribution in [2.24, 2.45) is 0 Å². The number of carbonyl (C=O) groups excluding carboxylic acids is 1. The molecule has 0 fully saturated rings. The number of hydrogen-bond acceptors (Lipinski definition) is 4. The molecule has 0 rings (SSSR count). The third-order valence-electron chi connectivity index (χ3n) is 6.37. The average Bonchev–Trinajstić information content (AvgIpc) is 2.81. The van der Waals surface area contributed by atoms with E-state index < -0.39 is 12.3 Å². The molecule has 0 heterocycles. The van der Waals surface area contributed by atoms with Crippen molar-refractivity contribution in [3.63, 3.8) is 0 Å². The van der Waals surface area contributed by atoms with Crippen LogP contribution in [0.3, 0.4) is 0 Å². The quantitative estimate of drug-likeness (QED) is 0.0406. The fraction of sp³-hybridized carbons (Fsp3) is 0.833. The molecule has 0 aliphatic rings. The highest BCUT2D eigenvalue weighted by Crippen LogP contribution is 2.16. The number of ether oxygens (including phenoxy) is 3. The molecule has 0 bridgehead atoms. The molecule has 0 N–H and O–H groups in total.